The number of fused-ring (bicyclic) bond motifs is 1. The van der Waals surface area contributed by atoms with Gasteiger partial charge >= 0.3 is 5.63 Å². The summed E-state index contributed by atoms with van der Waals surface area (Å²) in [6.45, 7) is 4.64. The van der Waals surface area contributed by atoms with Crippen LogP contribution in [0.4, 0.5) is 0 Å². The number of benzene rings is 1. The third-order valence-corrected chi connectivity index (χ3v) is 3.32. The van der Waals surface area contributed by atoms with Crippen molar-refractivity contribution in [1.29, 1.82) is 0 Å². The molecule has 1 aromatic heterocycles. The van der Waals surface area contributed by atoms with E-state index in [4.69, 9.17) is 4.42 Å². The zero-order chi connectivity index (χ0) is 14.7. The average Bonchev–Trinajstić information content (AvgIpc) is 2.44. The van der Waals surface area contributed by atoms with Crippen molar-refractivity contribution in [1.82, 2.24) is 4.90 Å². The van der Waals surface area contributed by atoms with Crippen LogP contribution in [0.25, 0.3) is 10.8 Å². The molecule has 0 aliphatic heterocycles. The van der Waals surface area contributed by atoms with Crippen LogP contribution in [0.3, 0.4) is 0 Å². The molecule has 0 bridgehead atoms. The van der Waals surface area contributed by atoms with Crippen LogP contribution in [-0.2, 0) is 0 Å². The summed E-state index contributed by atoms with van der Waals surface area (Å²) in [5.41, 5.74) is 0.530. The van der Waals surface area contributed by atoms with Crippen LogP contribution in [0.5, 0.6) is 0 Å². The van der Waals surface area contributed by atoms with Crippen molar-refractivity contribution in [3.8, 4) is 0 Å². The molecule has 0 fully saturated rings. The van der Waals surface area contributed by atoms with Crippen molar-refractivity contribution in [2.45, 2.75) is 26.7 Å². The molecular formula is C16H19NO3. The Labute approximate surface area is 118 Å². The third kappa shape index (κ3) is 2.90. The lowest BCUT2D eigenvalue weighted by atomic mass is 10.1. The molecule has 0 unspecified atom stereocenters. The zero-order valence-corrected chi connectivity index (χ0v) is 12.1. The number of nitrogens with zero attached hydrogens (tertiary/aromatic N) is 1. The van der Waals surface area contributed by atoms with E-state index in [1.54, 1.807) is 24.1 Å². The average molecular weight is 273 g/mol. The molecule has 20 heavy (non-hydrogen) atoms. The van der Waals surface area contributed by atoms with Crippen LogP contribution in [0.15, 0.2) is 33.5 Å². The molecular weight excluding hydrogens is 254 g/mol. The van der Waals surface area contributed by atoms with Crippen LogP contribution in [0.1, 0.15) is 35.9 Å². The largest absolute Gasteiger partial charge is 0.417 e. The molecule has 4 nitrogen and oxygen atoms in total. The van der Waals surface area contributed by atoms with E-state index in [9.17, 15) is 9.59 Å². The molecule has 0 atom stereocenters. The normalized spacial score (nSPS) is 10.8. The maximum Gasteiger partial charge on any atom is 0.344 e. The fraction of sp³-hybridized carbons (Fsp3) is 0.375. The van der Waals surface area contributed by atoms with Crippen LogP contribution < -0.4 is 5.63 Å². The molecule has 0 radical (unpaired) electrons. The van der Waals surface area contributed by atoms with Crippen LogP contribution in [0, 0.1) is 6.92 Å². The quantitative estimate of drug-likeness (QED) is 0.860. The smallest absolute Gasteiger partial charge is 0.344 e. The number of carbonyl (C=O) groups excluding carboxylic acids is 1. The van der Waals surface area contributed by atoms with Crippen molar-refractivity contribution in [2.75, 3.05) is 13.6 Å². The Morgan fingerprint density at radius 2 is 2.05 bits per heavy atom. The third-order valence-electron chi connectivity index (χ3n) is 3.32. The van der Waals surface area contributed by atoms with Gasteiger partial charge in [-0.15, -0.1) is 0 Å². The predicted octanol–water partition coefficient (Wildman–Crippen LogP) is 2.97. The first-order chi connectivity index (χ1) is 9.52. The Hall–Kier alpha value is -2.10. The number of hydrogen-bond acceptors (Lipinski definition) is 3. The number of aryl methyl sites for hydroxylation is 1. The van der Waals surface area contributed by atoms with Crippen molar-refractivity contribution in [2.24, 2.45) is 0 Å². The SMILES string of the molecule is CCCCN(C)C(=O)c1cc2ccc(C)cc2c(=O)o1. The maximum absolute atomic E-state index is 12.2. The highest BCUT2D eigenvalue weighted by Crippen LogP contribution is 2.15. The Morgan fingerprint density at radius 3 is 2.75 bits per heavy atom. The first-order valence-corrected chi connectivity index (χ1v) is 6.83. The number of carbonyl (C=O) groups is 1. The molecule has 2 aromatic rings. The molecule has 0 N–H and O–H groups in total. The summed E-state index contributed by atoms with van der Waals surface area (Å²) in [5.74, 6) is -0.150. The summed E-state index contributed by atoms with van der Waals surface area (Å²) in [6, 6.07) is 7.17. The Balaban J connectivity index is 2.38. The van der Waals surface area contributed by atoms with E-state index in [0.29, 0.717) is 11.9 Å². The second kappa shape index (κ2) is 5.90. The lowest BCUT2D eigenvalue weighted by molar-refractivity contribution is 0.0757. The fourth-order valence-corrected chi connectivity index (χ4v) is 2.09. The Kier molecular flexibility index (Phi) is 4.23. The summed E-state index contributed by atoms with van der Waals surface area (Å²) < 4.78 is 5.16. The van der Waals surface area contributed by atoms with Crippen molar-refractivity contribution in [3.63, 3.8) is 0 Å². The monoisotopic (exact) mass is 273 g/mol. The minimum Gasteiger partial charge on any atom is -0.417 e. The minimum atomic E-state index is -0.460. The van der Waals surface area contributed by atoms with Crippen molar-refractivity contribution in [3.05, 3.63) is 46.0 Å². The summed E-state index contributed by atoms with van der Waals surface area (Å²) in [4.78, 5) is 25.7. The standard InChI is InChI=1S/C16H19NO3/c1-4-5-8-17(3)15(18)14-10-12-7-6-11(2)9-13(12)16(19)20-14/h6-7,9-10H,4-5,8H2,1-3H3. The van der Waals surface area contributed by atoms with Gasteiger partial charge in [0, 0.05) is 13.6 Å². The van der Waals surface area contributed by atoms with E-state index in [-0.39, 0.29) is 11.7 Å². The molecule has 1 heterocycles. The van der Waals surface area contributed by atoms with E-state index in [0.717, 1.165) is 23.8 Å². The molecule has 1 amide bonds. The summed E-state index contributed by atoms with van der Waals surface area (Å²) in [7, 11) is 1.72. The van der Waals surface area contributed by atoms with E-state index in [1.165, 1.54) is 0 Å². The molecule has 0 aliphatic carbocycles. The number of hydrogen-bond donors (Lipinski definition) is 0. The highest BCUT2D eigenvalue weighted by Gasteiger charge is 2.16. The van der Waals surface area contributed by atoms with Crippen LogP contribution >= 0.6 is 0 Å². The van der Waals surface area contributed by atoms with Gasteiger partial charge in [-0.3, -0.25) is 4.79 Å². The van der Waals surface area contributed by atoms with E-state index < -0.39 is 5.63 Å². The van der Waals surface area contributed by atoms with Gasteiger partial charge in [0.2, 0.25) is 0 Å². The number of rotatable bonds is 4. The predicted molar refractivity (Wildman–Crippen MR) is 79.1 cm³/mol. The molecule has 106 valence electrons. The highest BCUT2D eigenvalue weighted by molar-refractivity contribution is 5.95. The van der Waals surface area contributed by atoms with Gasteiger partial charge < -0.3 is 9.32 Å². The van der Waals surface area contributed by atoms with Gasteiger partial charge in [0.1, 0.15) is 0 Å². The molecule has 4 heteroatoms. The maximum atomic E-state index is 12.2. The second-order valence-corrected chi connectivity index (χ2v) is 5.07. The van der Waals surface area contributed by atoms with Gasteiger partial charge in [-0.25, -0.2) is 4.79 Å². The van der Waals surface area contributed by atoms with Gasteiger partial charge in [0.15, 0.2) is 5.76 Å². The molecule has 1 aromatic carbocycles. The highest BCUT2D eigenvalue weighted by atomic mass is 16.4. The first-order valence-electron chi connectivity index (χ1n) is 6.83. The van der Waals surface area contributed by atoms with E-state index in [1.807, 2.05) is 19.1 Å². The summed E-state index contributed by atoms with van der Waals surface area (Å²) in [6.07, 6.45) is 1.94. The van der Waals surface area contributed by atoms with Gasteiger partial charge in [-0.2, -0.15) is 0 Å². The summed E-state index contributed by atoms with van der Waals surface area (Å²) >= 11 is 0. The second-order valence-electron chi connectivity index (χ2n) is 5.07. The van der Waals surface area contributed by atoms with Crippen LogP contribution in [0.2, 0.25) is 0 Å². The molecule has 0 spiro atoms. The zero-order valence-electron chi connectivity index (χ0n) is 12.1. The van der Waals surface area contributed by atoms with Crippen molar-refractivity contribution < 1.29 is 9.21 Å². The lowest BCUT2D eigenvalue weighted by Crippen LogP contribution is -2.28. The van der Waals surface area contributed by atoms with E-state index >= 15 is 0 Å². The van der Waals surface area contributed by atoms with Gasteiger partial charge in [-0.1, -0.05) is 31.0 Å². The topological polar surface area (TPSA) is 50.5 Å². The van der Waals surface area contributed by atoms with Crippen LogP contribution in [-0.4, -0.2) is 24.4 Å². The molecule has 0 aliphatic rings. The van der Waals surface area contributed by atoms with Crippen molar-refractivity contribution >= 4 is 16.7 Å². The number of amides is 1. The number of unbranched alkanes of at least 4 members (excludes halogenated alkanes) is 1. The van der Waals surface area contributed by atoms with Gasteiger partial charge in [0.25, 0.3) is 5.91 Å². The molecule has 0 saturated heterocycles. The van der Waals surface area contributed by atoms with Gasteiger partial charge in [-0.05, 0) is 30.9 Å². The minimum absolute atomic E-state index is 0.102. The molecule has 0 saturated carbocycles. The van der Waals surface area contributed by atoms with Gasteiger partial charge in [0.05, 0.1) is 5.39 Å². The molecule has 2 rings (SSSR count). The van der Waals surface area contributed by atoms with E-state index in [2.05, 4.69) is 6.92 Å². The summed E-state index contributed by atoms with van der Waals surface area (Å²) in [5, 5.41) is 1.25. The lowest BCUT2D eigenvalue weighted by Gasteiger charge is -2.15. The fourth-order valence-electron chi connectivity index (χ4n) is 2.09. The Bertz CT molecular complexity index is 688. The Morgan fingerprint density at radius 1 is 1.30 bits per heavy atom. The first kappa shape index (κ1) is 14.3.